The fourth-order valence-electron chi connectivity index (χ4n) is 2.15. The molecule has 0 aromatic heterocycles. The number of para-hydroxylation sites is 1. The van der Waals surface area contributed by atoms with Crippen LogP contribution in [0.15, 0.2) is 58.4 Å². The molecule has 1 fully saturated rings. The molecule has 1 aliphatic heterocycles. The highest BCUT2D eigenvalue weighted by atomic mass is 32.2. The van der Waals surface area contributed by atoms with Gasteiger partial charge in [0.25, 0.3) is 5.24 Å². The lowest BCUT2D eigenvalue weighted by Gasteiger charge is -2.10. The molecule has 0 radical (unpaired) electrons. The predicted molar refractivity (Wildman–Crippen MR) is 89.0 cm³/mol. The zero-order chi connectivity index (χ0) is 18.0. The quantitative estimate of drug-likeness (QED) is 0.726. The van der Waals surface area contributed by atoms with Crippen LogP contribution >= 0.6 is 11.8 Å². The maximum absolute atomic E-state index is 13.1. The number of alkyl halides is 3. The Balaban J connectivity index is 2.02. The molecule has 1 heterocycles. The smallest absolute Gasteiger partial charge is 0.300 e. The molecule has 3 nitrogen and oxygen atoms in total. The van der Waals surface area contributed by atoms with E-state index >= 15 is 0 Å². The van der Waals surface area contributed by atoms with Crippen LogP contribution in [0.5, 0.6) is 0 Å². The van der Waals surface area contributed by atoms with Crippen LogP contribution < -0.4 is 5.32 Å². The van der Waals surface area contributed by atoms with Crippen molar-refractivity contribution in [3.05, 3.63) is 70.4 Å². The van der Waals surface area contributed by atoms with E-state index in [1.165, 1.54) is 42.5 Å². The zero-order valence-corrected chi connectivity index (χ0v) is 13.3. The van der Waals surface area contributed by atoms with Gasteiger partial charge in [-0.1, -0.05) is 24.3 Å². The van der Waals surface area contributed by atoms with Crippen LogP contribution in [0.25, 0.3) is 6.08 Å². The summed E-state index contributed by atoms with van der Waals surface area (Å²) in [5.74, 6) is -0.389. The van der Waals surface area contributed by atoms with Crippen molar-refractivity contribution in [3.8, 4) is 0 Å². The Labute approximate surface area is 144 Å². The van der Waals surface area contributed by atoms with Gasteiger partial charge in [0.15, 0.2) is 0 Å². The van der Waals surface area contributed by atoms with Crippen LogP contribution in [0.2, 0.25) is 0 Å². The molecular weight excluding hydrogens is 356 g/mol. The zero-order valence-electron chi connectivity index (χ0n) is 12.5. The van der Waals surface area contributed by atoms with Crippen LogP contribution in [-0.4, -0.2) is 11.1 Å². The highest BCUT2D eigenvalue weighted by Crippen LogP contribution is 2.37. The summed E-state index contributed by atoms with van der Waals surface area (Å²) in [4.78, 5) is 16.0. The molecule has 25 heavy (non-hydrogen) atoms. The van der Waals surface area contributed by atoms with Crippen molar-refractivity contribution in [2.24, 2.45) is 4.99 Å². The Kier molecular flexibility index (Phi) is 4.63. The number of hydrogen-bond donors (Lipinski definition) is 1. The third-order valence-corrected chi connectivity index (χ3v) is 4.08. The summed E-state index contributed by atoms with van der Waals surface area (Å²) in [6.45, 7) is 0. The van der Waals surface area contributed by atoms with Gasteiger partial charge in [-0.05, 0) is 47.7 Å². The van der Waals surface area contributed by atoms with Crippen LogP contribution in [0.4, 0.5) is 28.0 Å². The summed E-state index contributed by atoms with van der Waals surface area (Å²) in [6, 6.07) is 10.3. The fourth-order valence-corrected chi connectivity index (χ4v) is 2.89. The number of nitrogens with zero attached hydrogens (tertiary/aromatic N) is 1. The molecule has 2 aromatic rings. The first-order valence-corrected chi connectivity index (χ1v) is 7.86. The second-order valence-corrected chi connectivity index (χ2v) is 6.06. The summed E-state index contributed by atoms with van der Waals surface area (Å²) >= 11 is 0.811. The van der Waals surface area contributed by atoms with Gasteiger partial charge in [0.2, 0.25) is 0 Å². The summed E-state index contributed by atoms with van der Waals surface area (Å²) in [7, 11) is 0. The summed E-state index contributed by atoms with van der Waals surface area (Å²) < 4.78 is 52.2. The molecule has 0 spiro atoms. The van der Waals surface area contributed by atoms with Crippen molar-refractivity contribution in [2.75, 3.05) is 0 Å². The lowest BCUT2D eigenvalue weighted by atomic mass is 10.1. The van der Waals surface area contributed by atoms with E-state index in [1.807, 2.05) is 0 Å². The van der Waals surface area contributed by atoms with Crippen molar-refractivity contribution in [2.45, 2.75) is 6.18 Å². The first-order valence-electron chi connectivity index (χ1n) is 7.04. The van der Waals surface area contributed by atoms with Gasteiger partial charge in [0, 0.05) is 0 Å². The lowest BCUT2D eigenvalue weighted by Crippen LogP contribution is -2.19. The van der Waals surface area contributed by atoms with Gasteiger partial charge in [0.05, 0.1) is 16.2 Å². The number of carbonyl (C=O) groups is 1. The highest BCUT2D eigenvalue weighted by Gasteiger charge is 2.34. The Morgan fingerprint density at radius 1 is 1.04 bits per heavy atom. The standard InChI is InChI=1S/C17H10F4N2OS/c18-11-7-5-10(6-8-11)9-14-15(23-16(24)25-14)22-13-4-2-1-3-12(13)17(19,20)21/h1-9H,(H,22,23,24)/b14-9-. The van der Waals surface area contributed by atoms with Crippen LogP contribution in [0.3, 0.4) is 0 Å². The van der Waals surface area contributed by atoms with E-state index in [2.05, 4.69) is 10.3 Å². The van der Waals surface area contributed by atoms with Gasteiger partial charge in [-0.15, -0.1) is 0 Å². The van der Waals surface area contributed by atoms with E-state index < -0.39 is 22.8 Å². The molecule has 0 aliphatic carbocycles. The molecule has 0 bridgehead atoms. The molecule has 128 valence electrons. The molecular formula is C17H10F4N2OS. The molecule has 0 saturated carbocycles. The van der Waals surface area contributed by atoms with E-state index in [9.17, 15) is 22.4 Å². The van der Waals surface area contributed by atoms with Crippen LogP contribution in [0.1, 0.15) is 11.1 Å². The average molecular weight is 366 g/mol. The number of thioether (sulfide) groups is 1. The predicted octanol–water partition coefficient (Wildman–Crippen LogP) is 5.37. The number of carbonyl (C=O) groups excluding carboxylic acids is 1. The number of halogens is 4. The first kappa shape index (κ1) is 17.2. The third-order valence-electron chi connectivity index (χ3n) is 3.27. The highest BCUT2D eigenvalue weighted by molar-refractivity contribution is 8.18. The van der Waals surface area contributed by atoms with Gasteiger partial charge in [0.1, 0.15) is 11.7 Å². The summed E-state index contributed by atoms with van der Waals surface area (Å²) in [6.07, 6.45) is -3.01. The SMILES string of the molecule is O=C1NC(=Nc2ccccc2C(F)(F)F)/C(=C/c2ccc(F)cc2)S1. The van der Waals surface area contributed by atoms with Crippen molar-refractivity contribution >= 4 is 34.6 Å². The minimum Gasteiger partial charge on any atom is -0.300 e. The number of nitrogens with one attached hydrogen (secondary N) is 1. The summed E-state index contributed by atoms with van der Waals surface area (Å²) in [5.41, 5.74) is -0.593. The van der Waals surface area contributed by atoms with E-state index in [-0.39, 0.29) is 11.5 Å². The molecule has 8 heteroatoms. The number of rotatable bonds is 2. The third kappa shape index (κ3) is 4.08. The van der Waals surface area contributed by atoms with Crippen molar-refractivity contribution in [1.29, 1.82) is 0 Å². The van der Waals surface area contributed by atoms with Gasteiger partial charge < -0.3 is 5.32 Å². The molecule has 0 unspecified atom stereocenters. The Hall–Kier alpha value is -2.61. The molecule has 1 N–H and O–H groups in total. The van der Waals surface area contributed by atoms with Crippen molar-refractivity contribution in [3.63, 3.8) is 0 Å². The minimum atomic E-state index is -4.56. The van der Waals surface area contributed by atoms with Gasteiger partial charge in [-0.25, -0.2) is 9.38 Å². The van der Waals surface area contributed by atoms with Crippen molar-refractivity contribution in [1.82, 2.24) is 5.32 Å². The number of benzene rings is 2. The molecule has 3 rings (SSSR count). The Morgan fingerprint density at radius 3 is 2.40 bits per heavy atom. The topological polar surface area (TPSA) is 41.5 Å². The largest absolute Gasteiger partial charge is 0.418 e. The molecule has 2 aromatic carbocycles. The first-order chi connectivity index (χ1) is 11.8. The molecule has 1 amide bonds. The summed E-state index contributed by atoms with van der Waals surface area (Å²) in [5, 5.41) is 1.98. The molecule has 1 aliphatic rings. The van der Waals surface area contributed by atoms with Crippen molar-refractivity contribution < 1.29 is 22.4 Å². The van der Waals surface area contributed by atoms with E-state index in [0.717, 1.165) is 17.8 Å². The second-order valence-electron chi connectivity index (χ2n) is 5.05. The van der Waals surface area contributed by atoms with Crippen LogP contribution in [-0.2, 0) is 6.18 Å². The number of hydrogen-bond acceptors (Lipinski definition) is 3. The van der Waals surface area contributed by atoms with Gasteiger partial charge in [-0.3, -0.25) is 4.79 Å². The van der Waals surface area contributed by atoms with Gasteiger partial charge >= 0.3 is 6.18 Å². The molecule has 0 atom stereocenters. The lowest BCUT2D eigenvalue weighted by molar-refractivity contribution is -0.137. The van der Waals surface area contributed by atoms with E-state index in [4.69, 9.17) is 0 Å². The maximum Gasteiger partial charge on any atom is 0.418 e. The Morgan fingerprint density at radius 2 is 1.72 bits per heavy atom. The molecule has 1 saturated heterocycles. The van der Waals surface area contributed by atoms with Crippen LogP contribution in [0, 0.1) is 5.82 Å². The van der Waals surface area contributed by atoms with E-state index in [0.29, 0.717) is 10.5 Å². The minimum absolute atomic E-state index is 0.0241. The van der Waals surface area contributed by atoms with E-state index in [1.54, 1.807) is 6.08 Å². The number of amidine groups is 1. The normalized spacial score (nSPS) is 18.0. The second kappa shape index (κ2) is 6.72. The number of aliphatic imine (C=N–C) groups is 1. The maximum atomic E-state index is 13.1. The monoisotopic (exact) mass is 366 g/mol. The fraction of sp³-hybridized carbons (Fsp3) is 0.0588. The Bertz CT molecular complexity index is 873. The number of amides is 1. The average Bonchev–Trinajstić information content (AvgIpc) is 2.88. The van der Waals surface area contributed by atoms with Gasteiger partial charge in [-0.2, -0.15) is 13.2 Å².